The van der Waals surface area contributed by atoms with Crippen molar-refractivity contribution in [3.8, 4) is 86.9 Å². The highest BCUT2D eigenvalue weighted by atomic mass is 35.5. The van der Waals surface area contributed by atoms with Crippen molar-refractivity contribution < 1.29 is 89.2 Å². The molecule has 594 valence electrons. The largest absolute Gasteiger partial charge is 0.491 e. The van der Waals surface area contributed by atoms with E-state index in [1.54, 1.807) is 151 Å². The number of pyridine rings is 5. The fourth-order valence-electron chi connectivity index (χ4n) is 8.79. The van der Waals surface area contributed by atoms with Gasteiger partial charge in [-0.05, 0) is 269 Å². The fourth-order valence-corrected chi connectivity index (χ4v) is 9.83. The lowest BCUT2D eigenvalue weighted by Gasteiger charge is -2.14. The standard InChI is InChI=1S/2C17H18ClNO4.C17H16F3NO3.C16H17ClN2O3.C16H18ClNO2/c1-11-8-16(18)17(19-9-11)23-15-6-4-14(5-7-15)22-12(2)10-21-13(3)20;1-4-21-17(20)12(3)22-13-5-7-14(8-6-13)23-16-15(18)9-11(2)10-19-16;1-10-8-15(17(18,19)20)16(21-9-10)24-14-6-4-13(5-7-14)23-12(3)11(2)22;1-10-8-14(17)16(19-9-10)22-13-6-4-12(5-7-13)21-11(2)15(20)18-3;1-4-12(3)19-13-5-7-14(8-6-13)20-16-15(17)9-11(2)10-18-16/h4-9,12H,10H2,1-3H3;5-10,12H,4H2,1-3H3;4-9,12H,1-3H3;4-9,11H,1-3H3,(H,18,20);5-10,12H,4H2,1-3H3. The minimum absolute atomic E-state index is 0.131. The number of nitrogens with one attached hydrogen (secondary N) is 1. The highest BCUT2D eigenvalue weighted by molar-refractivity contribution is 6.32. The molecule has 0 saturated carbocycles. The molecule has 0 bridgehead atoms. The first-order valence-electron chi connectivity index (χ1n) is 34.9. The van der Waals surface area contributed by atoms with Gasteiger partial charge in [0.2, 0.25) is 29.4 Å². The molecule has 5 unspecified atom stereocenters. The number of ketones is 1. The molecule has 0 spiro atoms. The molecule has 5 heterocycles. The topological polar surface area (TPSA) is 256 Å². The average Bonchev–Trinajstić information content (AvgIpc) is 0.817. The molecule has 0 saturated heterocycles. The molecular weight excluding hydrogens is 1540 g/mol. The molecule has 1 N–H and O–H groups in total. The maximum Gasteiger partial charge on any atom is 0.421 e. The molecule has 29 heteroatoms. The number of nitrogens with zero attached hydrogens (tertiary/aromatic N) is 5. The first-order chi connectivity index (χ1) is 53.2. The van der Waals surface area contributed by atoms with Gasteiger partial charge in [-0.3, -0.25) is 14.4 Å². The number of aromatic nitrogens is 5. The van der Waals surface area contributed by atoms with Crippen molar-refractivity contribution in [2.24, 2.45) is 0 Å². The Morgan fingerprint density at radius 3 is 0.955 bits per heavy atom. The minimum atomic E-state index is -4.56. The molecule has 0 radical (unpaired) electrons. The van der Waals surface area contributed by atoms with Crippen LogP contribution in [0.15, 0.2) is 183 Å². The van der Waals surface area contributed by atoms with Crippen LogP contribution in [0.25, 0.3) is 0 Å². The quantitative estimate of drug-likeness (QED) is 0.0469. The van der Waals surface area contributed by atoms with Gasteiger partial charge in [-0.1, -0.05) is 53.3 Å². The average molecular weight is 1620 g/mol. The SMILES string of the molecule is CC(=O)C(C)Oc1ccc(Oc2ncc(C)cc2C(F)(F)F)cc1.CC(=O)OCC(C)Oc1ccc(Oc2ncc(C)cc2Cl)cc1.CCC(C)Oc1ccc(Oc2ncc(C)cc2Cl)cc1.CCOC(=O)C(C)Oc1ccc(Oc2ncc(C)cc2Cl)cc1.CNC(=O)C(C)Oc1ccc(Oc2ncc(C)cc2Cl)cc1. The molecule has 10 aromatic rings. The van der Waals surface area contributed by atoms with Crippen LogP contribution >= 0.6 is 46.4 Å². The number of halogens is 7. The molecule has 0 aliphatic carbocycles. The van der Waals surface area contributed by atoms with E-state index in [0.717, 1.165) is 40.5 Å². The molecule has 1 amide bonds. The normalized spacial score (nSPS) is 11.9. The Balaban J connectivity index is 0.000000218. The Bertz CT molecular complexity index is 4670. The third kappa shape index (κ3) is 31.3. The van der Waals surface area contributed by atoms with E-state index in [-0.39, 0.29) is 42.2 Å². The molecule has 112 heavy (non-hydrogen) atoms. The number of benzene rings is 5. The summed E-state index contributed by atoms with van der Waals surface area (Å²) < 4.78 is 104. The Kier molecular flexibility index (Phi) is 35.8. The number of amides is 1. The van der Waals surface area contributed by atoms with Crippen LogP contribution in [0.1, 0.15) is 102 Å². The van der Waals surface area contributed by atoms with Crippen molar-refractivity contribution in [2.75, 3.05) is 20.3 Å². The van der Waals surface area contributed by atoms with Crippen LogP contribution in [0.4, 0.5) is 13.2 Å². The van der Waals surface area contributed by atoms with Gasteiger partial charge >= 0.3 is 18.1 Å². The summed E-state index contributed by atoms with van der Waals surface area (Å²) in [7, 11) is 1.57. The third-order valence-corrected chi connectivity index (χ3v) is 15.9. The maximum absolute atomic E-state index is 13.0. The number of esters is 2. The van der Waals surface area contributed by atoms with E-state index in [0.29, 0.717) is 102 Å². The molecule has 5 aromatic carbocycles. The smallest absolute Gasteiger partial charge is 0.421 e. The maximum atomic E-state index is 13.0. The fraction of sp³-hybridized carbons (Fsp3) is 0.289. The van der Waals surface area contributed by atoms with Gasteiger partial charge in [0.1, 0.15) is 95.9 Å². The summed E-state index contributed by atoms with van der Waals surface area (Å²) in [4.78, 5) is 65.2. The second-order valence-electron chi connectivity index (χ2n) is 24.8. The molecule has 5 aromatic heterocycles. The Morgan fingerprint density at radius 2 is 0.670 bits per heavy atom. The number of rotatable bonds is 27. The van der Waals surface area contributed by atoms with Gasteiger partial charge in [0, 0.05) is 45.0 Å². The Hall–Kier alpha value is -11.1. The van der Waals surface area contributed by atoms with E-state index >= 15 is 0 Å². The summed E-state index contributed by atoms with van der Waals surface area (Å²) in [6, 6.07) is 42.3. The third-order valence-electron chi connectivity index (χ3n) is 14.8. The van der Waals surface area contributed by atoms with Gasteiger partial charge in [-0.25, -0.2) is 29.7 Å². The molecule has 22 nitrogen and oxygen atoms in total. The molecule has 0 aliphatic rings. The van der Waals surface area contributed by atoms with E-state index in [2.05, 4.69) is 37.2 Å². The van der Waals surface area contributed by atoms with Crippen LogP contribution in [0.2, 0.25) is 20.1 Å². The monoisotopic (exact) mass is 1620 g/mol. The van der Waals surface area contributed by atoms with Gasteiger partial charge in [-0.2, -0.15) is 13.2 Å². The number of hydrogen-bond donors (Lipinski definition) is 1. The van der Waals surface area contributed by atoms with Crippen LogP contribution < -0.4 is 52.7 Å². The van der Waals surface area contributed by atoms with Crippen molar-refractivity contribution in [3.05, 3.63) is 236 Å². The van der Waals surface area contributed by atoms with E-state index in [9.17, 15) is 32.3 Å². The molecule has 10 rings (SSSR count). The number of Topliss-reactive ketones (excluding diaryl/α,β-unsaturated/α-hetero) is 1. The summed E-state index contributed by atoms with van der Waals surface area (Å²) >= 11 is 24.3. The summed E-state index contributed by atoms with van der Waals surface area (Å²) in [6.45, 7) is 25.1. The van der Waals surface area contributed by atoms with E-state index < -0.39 is 41.9 Å². The van der Waals surface area contributed by atoms with Crippen molar-refractivity contribution in [2.45, 2.75) is 140 Å². The second kappa shape index (κ2) is 44.7. The Morgan fingerprint density at radius 1 is 0.393 bits per heavy atom. The molecule has 0 aliphatic heterocycles. The van der Waals surface area contributed by atoms with Crippen molar-refractivity contribution >= 4 is 70.0 Å². The molecular formula is C83H87Cl4F3N6O16. The van der Waals surface area contributed by atoms with Crippen LogP contribution in [-0.4, -0.2) is 99.3 Å². The van der Waals surface area contributed by atoms with Crippen molar-refractivity contribution in [1.29, 1.82) is 0 Å². The van der Waals surface area contributed by atoms with Crippen LogP contribution in [-0.2, 0) is 34.8 Å². The zero-order valence-corrected chi connectivity index (χ0v) is 67.3. The van der Waals surface area contributed by atoms with Gasteiger partial charge < -0.3 is 62.2 Å². The lowest BCUT2D eigenvalue weighted by molar-refractivity contribution is -0.150. The summed E-state index contributed by atoms with van der Waals surface area (Å²) in [5.41, 5.74) is 3.33. The van der Waals surface area contributed by atoms with Crippen molar-refractivity contribution in [3.63, 3.8) is 0 Å². The van der Waals surface area contributed by atoms with Crippen LogP contribution in [0.3, 0.4) is 0 Å². The van der Waals surface area contributed by atoms with E-state index in [4.69, 9.17) is 103 Å². The number of hydrogen-bond acceptors (Lipinski definition) is 21. The summed E-state index contributed by atoms with van der Waals surface area (Å²) in [5.74, 6) is 5.52. The number of aryl methyl sites for hydroxylation is 5. The zero-order valence-electron chi connectivity index (χ0n) is 64.2. The minimum Gasteiger partial charge on any atom is -0.491 e. The number of likely N-dealkylation sites (N-methyl/N-ethyl adjacent to an activating group) is 1. The van der Waals surface area contributed by atoms with Gasteiger partial charge in [0.25, 0.3) is 5.91 Å². The van der Waals surface area contributed by atoms with Crippen molar-refractivity contribution in [1.82, 2.24) is 30.2 Å². The first kappa shape index (κ1) is 89.8. The number of alkyl halides is 3. The second-order valence-corrected chi connectivity index (χ2v) is 26.4. The lowest BCUT2D eigenvalue weighted by Crippen LogP contribution is -2.33. The van der Waals surface area contributed by atoms with E-state index in [1.807, 2.05) is 71.9 Å². The lowest BCUT2D eigenvalue weighted by atomic mass is 10.2. The predicted octanol–water partition coefficient (Wildman–Crippen LogP) is 21.3. The van der Waals surface area contributed by atoms with Crippen LogP contribution in [0.5, 0.6) is 86.9 Å². The molecule has 5 atom stereocenters. The number of carbonyl (C=O) groups is 4. The highest BCUT2D eigenvalue weighted by Crippen LogP contribution is 2.39. The predicted molar refractivity (Wildman–Crippen MR) is 421 cm³/mol. The highest BCUT2D eigenvalue weighted by Gasteiger charge is 2.36. The van der Waals surface area contributed by atoms with Gasteiger partial charge in [0.05, 0.1) is 12.7 Å². The first-order valence-corrected chi connectivity index (χ1v) is 36.5. The summed E-state index contributed by atoms with van der Waals surface area (Å²) in [6.07, 6.45) is 2.62. The number of ether oxygens (including phenoxy) is 12. The van der Waals surface area contributed by atoms with Gasteiger partial charge in [-0.15, -0.1) is 0 Å². The van der Waals surface area contributed by atoms with E-state index in [1.165, 1.54) is 51.2 Å². The number of carbonyl (C=O) groups excluding carboxylic acids is 4. The van der Waals surface area contributed by atoms with Gasteiger partial charge in [0.15, 0.2) is 24.1 Å². The summed E-state index contributed by atoms with van der Waals surface area (Å²) in [5, 5.41) is 4.39. The Labute approximate surface area is 669 Å². The zero-order chi connectivity index (χ0) is 82.2. The van der Waals surface area contributed by atoms with Crippen LogP contribution in [0, 0.1) is 34.6 Å². The molecule has 0 fully saturated rings.